The van der Waals surface area contributed by atoms with Gasteiger partial charge in [-0.15, -0.1) is 0 Å². The normalized spacial score (nSPS) is 10.9. The third-order valence-electron chi connectivity index (χ3n) is 3.54. The molecule has 0 amide bonds. The number of hydrogen-bond donors (Lipinski definition) is 0. The van der Waals surface area contributed by atoms with E-state index in [0.717, 1.165) is 40.9 Å². The van der Waals surface area contributed by atoms with E-state index in [-0.39, 0.29) is 0 Å². The molecule has 0 saturated heterocycles. The average molecular weight is 389 g/mol. The second-order valence-electron chi connectivity index (χ2n) is 5.60. The van der Waals surface area contributed by atoms with Crippen molar-refractivity contribution in [2.45, 2.75) is 33.6 Å². The largest absolute Gasteiger partial charge is 0.495 e. The Morgan fingerprint density at radius 3 is 1.96 bits per heavy atom. The molecular weight excluding hydrogens is 352 g/mol. The highest BCUT2D eigenvalue weighted by Gasteiger charge is 2.09. The number of carbonyl (C=O) groups excluding carboxylic acids is 1. The van der Waals surface area contributed by atoms with Crippen LogP contribution in [0.1, 0.15) is 33.6 Å². The van der Waals surface area contributed by atoms with Crippen LogP contribution in [-0.4, -0.2) is 33.2 Å². The molecule has 156 valence electrons. The number of allylic oxidation sites excluding steroid dienone is 7. The number of ether oxygens (including phenoxy) is 3. The third kappa shape index (κ3) is 12.7. The molecule has 0 rings (SSSR count). The van der Waals surface area contributed by atoms with Gasteiger partial charge in [-0.1, -0.05) is 46.7 Å². The van der Waals surface area contributed by atoms with Crippen molar-refractivity contribution in [3.05, 3.63) is 84.9 Å². The van der Waals surface area contributed by atoms with Gasteiger partial charge >= 0.3 is 0 Å². The Morgan fingerprint density at radius 1 is 0.929 bits per heavy atom. The molecule has 0 aliphatic heterocycles. The third-order valence-corrected chi connectivity index (χ3v) is 3.54. The lowest BCUT2D eigenvalue weighted by molar-refractivity contribution is -0.104. The van der Waals surface area contributed by atoms with Crippen molar-refractivity contribution in [2.75, 3.05) is 26.9 Å². The quantitative estimate of drug-likeness (QED) is 0.123. The number of aldehydes is 1. The second-order valence-corrected chi connectivity index (χ2v) is 5.60. The van der Waals surface area contributed by atoms with Crippen molar-refractivity contribution >= 4 is 6.29 Å². The zero-order valence-corrected chi connectivity index (χ0v) is 18.0. The molecule has 0 radical (unpaired) electrons. The first-order chi connectivity index (χ1) is 13.3. The van der Waals surface area contributed by atoms with Gasteiger partial charge in [-0.2, -0.15) is 0 Å². The lowest BCUT2D eigenvalue weighted by Gasteiger charge is -2.15. The van der Waals surface area contributed by atoms with Crippen molar-refractivity contribution in [1.29, 1.82) is 0 Å². The summed E-state index contributed by atoms with van der Waals surface area (Å²) in [6.45, 7) is 26.9. The Hall–Kier alpha value is -2.59. The van der Waals surface area contributed by atoms with Gasteiger partial charge in [0.1, 0.15) is 24.4 Å². The Balaban J connectivity index is 0. The summed E-state index contributed by atoms with van der Waals surface area (Å²) in [6, 6.07) is 0. The van der Waals surface area contributed by atoms with Crippen LogP contribution in [-0.2, 0) is 19.0 Å². The van der Waals surface area contributed by atoms with Crippen LogP contribution in [0.4, 0.5) is 0 Å². The molecule has 0 atom stereocenters. The highest BCUT2D eigenvalue weighted by atomic mass is 16.5. The SMILES string of the molecule is C=C(/C=C(/CC)C(=C)C(=C)/C=C(/OCCOC)C(=C)CC)OCC.C=CC=O. The summed E-state index contributed by atoms with van der Waals surface area (Å²) >= 11 is 0. The maximum atomic E-state index is 9.06. The summed E-state index contributed by atoms with van der Waals surface area (Å²) < 4.78 is 16.2. The number of methoxy groups -OCH3 is 1. The molecule has 0 N–H and O–H groups in total. The molecule has 4 nitrogen and oxygen atoms in total. The minimum atomic E-state index is 0.471. The van der Waals surface area contributed by atoms with Gasteiger partial charge in [0.25, 0.3) is 0 Å². The predicted octanol–water partition coefficient (Wildman–Crippen LogP) is 5.87. The van der Waals surface area contributed by atoms with Gasteiger partial charge in [0.05, 0.1) is 13.2 Å². The highest BCUT2D eigenvalue weighted by Crippen LogP contribution is 2.25. The van der Waals surface area contributed by atoms with Crippen LogP contribution in [0, 0.1) is 0 Å². The Kier molecular flexibility index (Phi) is 17.6. The van der Waals surface area contributed by atoms with Gasteiger partial charge < -0.3 is 14.2 Å². The van der Waals surface area contributed by atoms with E-state index in [4.69, 9.17) is 19.0 Å². The Bertz CT molecular complexity index is 600. The van der Waals surface area contributed by atoms with Crippen molar-refractivity contribution in [3.8, 4) is 0 Å². The monoisotopic (exact) mass is 388 g/mol. The van der Waals surface area contributed by atoms with E-state index in [0.29, 0.717) is 31.9 Å². The molecular formula is C24H36O4. The van der Waals surface area contributed by atoms with Crippen molar-refractivity contribution < 1.29 is 19.0 Å². The lowest BCUT2D eigenvalue weighted by Crippen LogP contribution is -2.04. The van der Waals surface area contributed by atoms with Gasteiger partial charge in [0.2, 0.25) is 0 Å². The van der Waals surface area contributed by atoms with Crippen molar-refractivity contribution in [2.24, 2.45) is 0 Å². The number of rotatable bonds is 14. The Labute approximate surface area is 171 Å². The molecule has 0 heterocycles. The zero-order chi connectivity index (χ0) is 21.9. The number of carbonyl (C=O) groups is 1. The van der Waals surface area contributed by atoms with E-state index in [9.17, 15) is 0 Å². The van der Waals surface area contributed by atoms with Gasteiger partial charge in [0.15, 0.2) is 0 Å². The predicted molar refractivity (Wildman–Crippen MR) is 119 cm³/mol. The van der Waals surface area contributed by atoms with E-state index in [1.54, 1.807) is 7.11 Å². The van der Waals surface area contributed by atoms with Gasteiger partial charge in [-0.25, -0.2) is 0 Å². The fraction of sp³-hybridized carbons (Fsp3) is 0.375. The molecule has 0 aliphatic rings. The van der Waals surface area contributed by atoms with E-state index in [1.807, 2.05) is 26.0 Å². The van der Waals surface area contributed by atoms with Gasteiger partial charge in [-0.05, 0) is 60.3 Å². The average Bonchev–Trinajstić information content (AvgIpc) is 2.70. The molecule has 0 bridgehead atoms. The van der Waals surface area contributed by atoms with Crippen LogP contribution in [0.25, 0.3) is 0 Å². The van der Waals surface area contributed by atoms with Crippen LogP contribution >= 0.6 is 0 Å². The molecule has 0 aromatic carbocycles. The van der Waals surface area contributed by atoms with Gasteiger partial charge in [0, 0.05) is 7.11 Å². The van der Waals surface area contributed by atoms with Crippen LogP contribution in [0.2, 0.25) is 0 Å². The first kappa shape index (κ1) is 27.6. The Morgan fingerprint density at radius 2 is 1.54 bits per heavy atom. The summed E-state index contributed by atoms with van der Waals surface area (Å²) in [7, 11) is 1.64. The van der Waals surface area contributed by atoms with Crippen LogP contribution < -0.4 is 0 Å². The minimum absolute atomic E-state index is 0.471. The molecule has 0 spiro atoms. The summed E-state index contributed by atoms with van der Waals surface area (Å²) in [6.07, 6.45) is 7.24. The molecule has 0 aliphatic carbocycles. The molecule has 0 unspecified atom stereocenters. The van der Waals surface area contributed by atoms with E-state index in [2.05, 4.69) is 39.8 Å². The standard InChI is InChI=1S/C21H32O3.C3H4O/c1-9-16(4)21(24-13-12-22-8)14-17(5)19(7)20(10-2)15-18(6)23-11-3;1-2-3-4/h14-15H,4-7,9-13H2,1-3,8H3;2-3H,1H2/b20-15-,21-14+;. The molecule has 0 fully saturated rings. The molecule has 0 aromatic heterocycles. The minimum Gasteiger partial charge on any atom is -0.495 e. The molecule has 0 saturated carbocycles. The zero-order valence-electron chi connectivity index (χ0n) is 18.0. The highest BCUT2D eigenvalue weighted by molar-refractivity contribution is 5.63. The van der Waals surface area contributed by atoms with Crippen molar-refractivity contribution in [1.82, 2.24) is 0 Å². The smallest absolute Gasteiger partial charge is 0.142 e. The summed E-state index contributed by atoms with van der Waals surface area (Å²) in [5, 5.41) is 0. The van der Waals surface area contributed by atoms with Gasteiger partial charge in [-0.3, -0.25) is 4.79 Å². The van der Waals surface area contributed by atoms with E-state index >= 15 is 0 Å². The van der Waals surface area contributed by atoms with Crippen molar-refractivity contribution in [3.63, 3.8) is 0 Å². The van der Waals surface area contributed by atoms with E-state index < -0.39 is 0 Å². The summed E-state index contributed by atoms with van der Waals surface area (Å²) in [4.78, 5) is 9.06. The molecule has 0 aromatic rings. The first-order valence-electron chi connectivity index (χ1n) is 9.31. The maximum absolute atomic E-state index is 9.06. The molecule has 28 heavy (non-hydrogen) atoms. The lowest BCUT2D eigenvalue weighted by atomic mass is 9.96. The topological polar surface area (TPSA) is 44.8 Å². The maximum Gasteiger partial charge on any atom is 0.142 e. The summed E-state index contributed by atoms with van der Waals surface area (Å²) in [5.41, 5.74) is 3.58. The molecule has 4 heteroatoms. The fourth-order valence-corrected chi connectivity index (χ4v) is 1.93. The number of hydrogen-bond acceptors (Lipinski definition) is 4. The van der Waals surface area contributed by atoms with E-state index in [1.165, 1.54) is 6.08 Å². The van der Waals surface area contributed by atoms with Crippen LogP contribution in [0.5, 0.6) is 0 Å². The van der Waals surface area contributed by atoms with Crippen LogP contribution in [0.15, 0.2) is 84.9 Å². The van der Waals surface area contributed by atoms with Crippen LogP contribution in [0.3, 0.4) is 0 Å². The first-order valence-corrected chi connectivity index (χ1v) is 9.31. The second kappa shape index (κ2) is 17.8. The fourth-order valence-electron chi connectivity index (χ4n) is 1.93. The summed E-state index contributed by atoms with van der Waals surface area (Å²) in [5.74, 6) is 1.35.